The Balaban J connectivity index is 1.82. The first-order valence-corrected chi connectivity index (χ1v) is 9.87. The number of carbonyl (C=O) groups is 3. The molecule has 0 saturated heterocycles. The molecule has 2 fully saturated rings. The molecule has 8 heteroatoms. The van der Waals surface area contributed by atoms with Crippen LogP contribution in [0.1, 0.15) is 64.7 Å². The summed E-state index contributed by atoms with van der Waals surface area (Å²) in [5.74, 6) is -2.56. The van der Waals surface area contributed by atoms with Gasteiger partial charge in [0.2, 0.25) is 11.8 Å². The first-order valence-electron chi connectivity index (χ1n) is 9.87. The minimum Gasteiger partial charge on any atom is -0.480 e. The molecule has 0 aliphatic heterocycles. The van der Waals surface area contributed by atoms with Crippen molar-refractivity contribution in [2.45, 2.75) is 89.1 Å². The van der Waals surface area contributed by atoms with Gasteiger partial charge in [0.15, 0.2) is 0 Å². The van der Waals surface area contributed by atoms with Gasteiger partial charge >= 0.3 is 5.97 Å². The van der Waals surface area contributed by atoms with Crippen LogP contribution in [0.2, 0.25) is 0 Å². The van der Waals surface area contributed by atoms with Crippen molar-refractivity contribution >= 4 is 17.8 Å². The van der Waals surface area contributed by atoms with E-state index in [1.165, 1.54) is 6.92 Å². The Bertz CT molecular complexity index is 530. The second-order valence-electron chi connectivity index (χ2n) is 7.98. The number of hydrogen-bond donors (Lipinski definition) is 3. The van der Waals surface area contributed by atoms with Gasteiger partial charge in [-0.05, 0) is 44.4 Å². The molecule has 0 bridgehead atoms. The average molecular weight is 388 g/mol. The normalized spacial score (nSPS) is 28.8. The molecule has 2 amide bonds. The van der Waals surface area contributed by atoms with Gasteiger partial charge in [0.25, 0.3) is 0 Å². The summed E-state index contributed by atoms with van der Waals surface area (Å²) in [4.78, 5) is 36.0. The van der Waals surface area contributed by atoms with Crippen LogP contribution in [0, 0.1) is 11.8 Å². The van der Waals surface area contributed by atoms with Crippen LogP contribution in [0.4, 0.5) is 8.78 Å². The molecular formula is C19H30F2N2O4. The fraction of sp³-hybridized carbons (Fsp3) is 0.842. The predicted octanol–water partition coefficient (Wildman–Crippen LogP) is 2.51. The third kappa shape index (κ3) is 6.74. The molecule has 154 valence electrons. The number of halogens is 2. The van der Waals surface area contributed by atoms with E-state index in [1.54, 1.807) is 0 Å². The van der Waals surface area contributed by atoms with Crippen LogP contribution < -0.4 is 10.6 Å². The summed E-state index contributed by atoms with van der Waals surface area (Å²) in [6.45, 7) is 1.48. The number of carbonyl (C=O) groups excluding carboxylic acids is 2. The quantitative estimate of drug-likeness (QED) is 0.624. The highest BCUT2D eigenvalue weighted by Gasteiger charge is 2.33. The van der Waals surface area contributed by atoms with Crippen molar-refractivity contribution in [3.05, 3.63) is 0 Å². The largest absolute Gasteiger partial charge is 0.480 e. The number of amides is 2. The van der Waals surface area contributed by atoms with Crippen molar-refractivity contribution in [3.63, 3.8) is 0 Å². The van der Waals surface area contributed by atoms with Gasteiger partial charge in [0.1, 0.15) is 24.4 Å². The van der Waals surface area contributed by atoms with E-state index in [0.717, 1.165) is 32.1 Å². The molecule has 27 heavy (non-hydrogen) atoms. The first-order chi connectivity index (χ1) is 12.8. The van der Waals surface area contributed by atoms with E-state index in [4.69, 9.17) is 0 Å². The maximum Gasteiger partial charge on any atom is 0.326 e. The standard InChI is InChI=1S/C19H30F2N2O4/c1-11(22-16(24)9-12-7-14(20)10-15(21)8-12)18(25)23-17(19(26)27)13-5-3-2-4-6-13/h11-15,17H,2-10H2,1H3,(H,22,24)(H,23,25)(H,26,27)/t11-,12?,14?,15?,17?/m0/s1. The van der Waals surface area contributed by atoms with E-state index >= 15 is 0 Å². The number of alkyl halides is 2. The second kappa shape index (κ2) is 9.99. The molecule has 0 aromatic carbocycles. The van der Waals surface area contributed by atoms with E-state index in [9.17, 15) is 28.3 Å². The highest BCUT2D eigenvalue weighted by Crippen LogP contribution is 2.31. The fourth-order valence-electron chi connectivity index (χ4n) is 4.21. The predicted molar refractivity (Wildman–Crippen MR) is 95.5 cm³/mol. The molecular weight excluding hydrogens is 358 g/mol. The first kappa shape index (κ1) is 21.6. The topological polar surface area (TPSA) is 95.5 Å². The van der Waals surface area contributed by atoms with Crippen LogP contribution in [-0.2, 0) is 14.4 Å². The van der Waals surface area contributed by atoms with E-state index in [0.29, 0.717) is 0 Å². The molecule has 2 saturated carbocycles. The summed E-state index contributed by atoms with van der Waals surface area (Å²) in [5.41, 5.74) is 0. The minimum absolute atomic E-state index is 0.0382. The molecule has 3 unspecified atom stereocenters. The Hall–Kier alpha value is -1.73. The highest BCUT2D eigenvalue weighted by atomic mass is 19.1. The SMILES string of the molecule is C[C@H](NC(=O)CC1CC(F)CC(F)C1)C(=O)NC(C(=O)O)C1CCCCC1. The molecule has 0 heterocycles. The summed E-state index contributed by atoms with van der Waals surface area (Å²) in [6, 6.07) is -1.87. The Morgan fingerprint density at radius 3 is 2.15 bits per heavy atom. The summed E-state index contributed by atoms with van der Waals surface area (Å²) >= 11 is 0. The van der Waals surface area contributed by atoms with Gasteiger partial charge in [-0.2, -0.15) is 0 Å². The smallest absolute Gasteiger partial charge is 0.326 e. The number of rotatable bonds is 7. The maximum atomic E-state index is 13.4. The van der Waals surface area contributed by atoms with Crippen LogP contribution in [0.25, 0.3) is 0 Å². The molecule has 0 spiro atoms. The van der Waals surface area contributed by atoms with Crippen LogP contribution in [-0.4, -0.2) is 47.3 Å². The lowest BCUT2D eigenvalue weighted by atomic mass is 9.83. The van der Waals surface area contributed by atoms with Crippen molar-refractivity contribution in [1.29, 1.82) is 0 Å². The lowest BCUT2D eigenvalue weighted by molar-refractivity contribution is -0.144. The van der Waals surface area contributed by atoms with E-state index in [1.807, 2.05) is 0 Å². The Morgan fingerprint density at radius 1 is 1.00 bits per heavy atom. The van der Waals surface area contributed by atoms with Crippen LogP contribution >= 0.6 is 0 Å². The molecule has 0 aromatic rings. The zero-order valence-electron chi connectivity index (χ0n) is 15.8. The molecule has 6 nitrogen and oxygen atoms in total. The van der Waals surface area contributed by atoms with Crippen molar-refractivity contribution in [1.82, 2.24) is 10.6 Å². The Labute approximate surface area is 158 Å². The van der Waals surface area contributed by atoms with E-state index in [-0.39, 0.29) is 37.5 Å². The monoisotopic (exact) mass is 388 g/mol. The number of nitrogens with one attached hydrogen (secondary N) is 2. The van der Waals surface area contributed by atoms with Crippen LogP contribution in [0.5, 0.6) is 0 Å². The van der Waals surface area contributed by atoms with Gasteiger partial charge < -0.3 is 15.7 Å². The van der Waals surface area contributed by atoms with Crippen LogP contribution in [0.3, 0.4) is 0 Å². The van der Waals surface area contributed by atoms with Crippen molar-refractivity contribution in [2.24, 2.45) is 11.8 Å². The molecule has 2 aliphatic carbocycles. The van der Waals surface area contributed by atoms with Gasteiger partial charge in [-0.1, -0.05) is 19.3 Å². The third-order valence-electron chi connectivity index (χ3n) is 5.62. The van der Waals surface area contributed by atoms with Gasteiger partial charge in [0, 0.05) is 12.8 Å². The zero-order chi connectivity index (χ0) is 20.0. The number of hydrogen-bond acceptors (Lipinski definition) is 3. The zero-order valence-corrected chi connectivity index (χ0v) is 15.8. The molecule has 2 aliphatic rings. The summed E-state index contributed by atoms with van der Waals surface area (Å²) in [7, 11) is 0. The number of aliphatic carboxylic acids is 1. The van der Waals surface area contributed by atoms with Crippen molar-refractivity contribution in [2.75, 3.05) is 0 Å². The van der Waals surface area contributed by atoms with Gasteiger partial charge in [-0.15, -0.1) is 0 Å². The lowest BCUT2D eigenvalue weighted by Crippen LogP contribution is -2.53. The summed E-state index contributed by atoms with van der Waals surface area (Å²) in [6.07, 6.45) is 2.16. The molecule has 4 atom stereocenters. The average Bonchev–Trinajstić information content (AvgIpc) is 2.58. The fourth-order valence-corrected chi connectivity index (χ4v) is 4.21. The van der Waals surface area contributed by atoms with Crippen molar-refractivity contribution in [3.8, 4) is 0 Å². The second-order valence-corrected chi connectivity index (χ2v) is 7.98. The molecule has 3 N–H and O–H groups in total. The molecule has 0 aromatic heterocycles. The van der Waals surface area contributed by atoms with Crippen LogP contribution in [0.15, 0.2) is 0 Å². The number of carboxylic acids is 1. The number of carboxylic acid groups (broad SMARTS) is 1. The van der Waals surface area contributed by atoms with Gasteiger partial charge in [-0.3, -0.25) is 9.59 Å². The summed E-state index contributed by atoms with van der Waals surface area (Å²) in [5, 5.41) is 14.5. The molecule has 0 radical (unpaired) electrons. The van der Waals surface area contributed by atoms with Gasteiger partial charge in [-0.25, -0.2) is 13.6 Å². The lowest BCUT2D eigenvalue weighted by Gasteiger charge is -2.29. The van der Waals surface area contributed by atoms with Gasteiger partial charge in [0.05, 0.1) is 0 Å². The third-order valence-corrected chi connectivity index (χ3v) is 5.62. The van der Waals surface area contributed by atoms with E-state index in [2.05, 4.69) is 10.6 Å². The van der Waals surface area contributed by atoms with E-state index < -0.39 is 42.2 Å². The Kier molecular flexibility index (Phi) is 7.98. The highest BCUT2D eigenvalue weighted by molar-refractivity contribution is 5.90. The Morgan fingerprint density at radius 2 is 1.59 bits per heavy atom. The summed E-state index contributed by atoms with van der Waals surface area (Å²) < 4.78 is 26.9. The minimum atomic E-state index is -1.24. The van der Waals surface area contributed by atoms with Crippen molar-refractivity contribution < 1.29 is 28.3 Å². The molecule has 2 rings (SSSR count). The maximum absolute atomic E-state index is 13.4.